The van der Waals surface area contributed by atoms with Crippen LogP contribution in [0, 0.1) is 0 Å². The number of benzene rings is 13. The molecule has 0 saturated carbocycles. The van der Waals surface area contributed by atoms with Crippen molar-refractivity contribution in [2.45, 2.75) is 37.0 Å². The van der Waals surface area contributed by atoms with E-state index >= 15 is 0 Å². The van der Waals surface area contributed by atoms with Gasteiger partial charge < -0.3 is 4.90 Å². The predicted octanol–water partition coefficient (Wildman–Crippen LogP) is 22.1. The molecule has 0 amide bonds. The zero-order valence-corrected chi connectivity index (χ0v) is 51.4. The van der Waals surface area contributed by atoms with E-state index in [1.165, 1.54) is 131 Å². The number of fused-ring (bicyclic) bond motifs is 22. The smallest absolute Gasteiger partial charge is 0.163 e. The van der Waals surface area contributed by atoms with Crippen LogP contribution in [0.3, 0.4) is 0 Å². The third kappa shape index (κ3) is 7.25. The van der Waals surface area contributed by atoms with Gasteiger partial charge in [0.05, 0.1) is 11.3 Å². The largest absolute Gasteiger partial charge is 0.310 e. The van der Waals surface area contributed by atoms with Crippen molar-refractivity contribution in [3.63, 3.8) is 0 Å². The highest BCUT2D eigenvalue weighted by Gasteiger charge is 2.52. The Bertz CT molecular complexity index is 5610. The van der Waals surface area contributed by atoms with E-state index in [9.17, 15) is 0 Å². The zero-order valence-electron chi connectivity index (χ0n) is 50.6. The summed E-state index contributed by atoms with van der Waals surface area (Å²) in [6.07, 6.45) is 0.925. The Labute approximate surface area is 538 Å². The lowest BCUT2D eigenvalue weighted by atomic mass is 9.70. The monoisotopic (exact) mass is 1190 g/mol. The van der Waals surface area contributed by atoms with Gasteiger partial charge in [-0.1, -0.05) is 232 Å². The normalized spacial score (nSPS) is 14.9. The van der Waals surface area contributed by atoms with E-state index in [0.717, 1.165) is 51.6 Å². The Morgan fingerprint density at radius 3 is 1.62 bits per heavy atom. The number of hydrogen-bond acceptors (Lipinski definition) is 5. The van der Waals surface area contributed by atoms with Crippen molar-refractivity contribution in [1.29, 1.82) is 0 Å². The van der Waals surface area contributed by atoms with E-state index in [-0.39, 0.29) is 11.3 Å². The molecular formula is C87H56N4S. The van der Waals surface area contributed by atoms with Crippen molar-refractivity contribution in [3.05, 3.63) is 347 Å². The summed E-state index contributed by atoms with van der Waals surface area (Å²) in [6.45, 7) is 4.76. The van der Waals surface area contributed by atoms with Gasteiger partial charge in [0.2, 0.25) is 0 Å². The van der Waals surface area contributed by atoms with Gasteiger partial charge in [-0.3, -0.25) is 0 Å². The number of anilines is 3. The van der Waals surface area contributed by atoms with Gasteiger partial charge in [-0.15, -0.1) is 11.3 Å². The maximum absolute atomic E-state index is 5.75. The first-order chi connectivity index (χ1) is 45.3. The lowest BCUT2D eigenvalue weighted by molar-refractivity contribution is 0.659. The lowest BCUT2D eigenvalue weighted by Crippen LogP contribution is -2.25. The van der Waals surface area contributed by atoms with Gasteiger partial charge in [0.1, 0.15) is 5.82 Å². The summed E-state index contributed by atoms with van der Waals surface area (Å²) < 4.78 is 2.60. The number of hydrogen-bond donors (Lipinski definition) is 0. The Balaban J connectivity index is 0.743. The standard InChI is InChI=1S/C87H56N4S/c1-86(2)74-27-13-8-25-65(74)71-49-70-69-46-53(51-32-36-57(37-33-51)91(58-38-42-61-56(45-58)44-54-20-6-7-21-60(54)61)59-39-43-81-72(48-59)67-26-12-17-31-80(67)92-81)34-41-68(69)82(73(70)50-78(71)86)85-89-83(52-18-4-3-5-19-52)88-84(90-85)55-35-40-66-64-24-11-16-30-77(64)87(79(66)47-55)75-28-14-9-22-62(75)63-23-10-15-29-76(63)87/h3-43,45-50,82H,44H2,1-2H3. The van der Waals surface area contributed by atoms with Gasteiger partial charge in [-0.25, -0.2) is 15.0 Å². The van der Waals surface area contributed by atoms with Crippen molar-refractivity contribution in [1.82, 2.24) is 15.0 Å². The first-order valence-electron chi connectivity index (χ1n) is 32.0. The molecule has 92 heavy (non-hydrogen) atoms. The summed E-state index contributed by atoms with van der Waals surface area (Å²) in [5, 5.41) is 2.57. The van der Waals surface area contributed by atoms with Crippen LogP contribution >= 0.6 is 11.3 Å². The van der Waals surface area contributed by atoms with E-state index in [2.05, 4.69) is 304 Å². The summed E-state index contributed by atoms with van der Waals surface area (Å²) in [4.78, 5) is 19.3. The minimum absolute atomic E-state index is 0.218. The van der Waals surface area contributed by atoms with E-state index in [0.29, 0.717) is 11.6 Å². The molecule has 1 unspecified atom stereocenters. The number of nitrogens with zero attached hydrogens (tertiary/aromatic N) is 4. The molecule has 0 saturated heterocycles. The summed E-state index contributed by atoms with van der Waals surface area (Å²) in [5.41, 5.74) is 32.6. The van der Waals surface area contributed by atoms with Crippen LogP contribution in [0.5, 0.6) is 0 Å². The first kappa shape index (κ1) is 51.7. The van der Waals surface area contributed by atoms with Crippen molar-refractivity contribution >= 4 is 48.6 Å². The fraction of sp³-hybridized carbons (Fsp3) is 0.0690. The molecule has 5 aliphatic carbocycles. The molecule has 0 fully saturated rings. The fourth-order valence-corrected chi connectivity index (χ4v) is 18.0. The Kier molecular flexibility index (Phi) is 10.8. The molecule has 13 aromatic carbocycles. The van der Waals surface area contributed by atoms with Gasteiger partial charge in [0.15, 0.2) is 11.6 Å². The summed E-state index contributed by atoms with van der Waals surface area (Å²) >= 11 is 1.86. The molecular weight excluding hydrogens is 1130 g/mol. The lowest BCUT2D eigenvalue weighted by Gasteiger charge is -2.30. The molecule has 4 nitrogen and oxygen atoms in total. The molecule has 5 heteroatoms. The highest BCUT2D eigenvalue weighted by Crippen LogP contribution is 2.64. The van der Waals surface area contributed by atoms with Crippen LogP contribution in [0.4, 0.5) is 17.1 Å². The quantitative estimate of drug-likeness (QED) is 0.159. The number of aromatic nitrogens is 3. The zero-order chi connectivity index (χ0) is 60.6. The highest BCUT2D eigenvalue weighted by atomic mass is 32.1. The van der Waals surface area contributed by atoms with Crippen LogP contribution in [0.2, 0.25) is 0 Å². The Hall–Kier alpha value is -11.1. The Morgan fingerprint density at radius 2 is 0.870 bits per heavy atom. The molecule has 15 aromatic rings. The van der Waals surface area contributed by atoms with Crippen molar-refractivity contribution in [2.75, 3.05) is 4.90 Å². The van der Waals surface area contributed by atoms with Crippen molar-refractivity contribution in [2.24, 2.45) is 0 Å². The third-order valence-electron chi connectivity index (χ3n) is 21.0. The van der Waals surface area contributed by atoms with Crippen LogP contribution < -0.4 is 4.90 Å². The molecule has 0 N–H and O–H groups in total. The molecule has 2 heterocycles. The average Bonchev–Trinajstić information content (AvgIpc) is 1.52. The van der Waals surface area contributed by atoms with Crippen LogP contribution in [0.15, 0.2) is 285 Å². The van der Waals surface area contributed by atoms with Crippen LogP contribution in [0.25, 0.3) is 110 Å². The molecule has 1 atom stereocenters. The molecule has 1 spiro atoms. The van der Waals surface area contributed by atoms with E-state index in [1.807, 2.05) is 11.3 Å². The topological polar surface area (TPSA) is 41.9 Å². The van der Waals surface area contributed by atoms with Gasteiger partial charge in [-0.2, -0.15) is 0 Å². The maximum atomic E-state index is 5.75. The molecule has 0 bridgehead atoms. The maximum Gasteiger partial charge on any atom is 0.163 e. The molecule has 5 aliphatic rings. The fourth-order valence-electron chi connectivity index (χ4n) is 16.9. The van der Waals surface area contributed by atoms with Crippen LogP contribution in [0.1, 0.15) is 81.2 Å². The summed E-state index contributed by atoms with van der Waals surface area (Å²) in [7, 11) is 0. The average molecular weight is 1190 g/mol. The molecule has 2 aromatic heterocycles. The second-order valence-corrected chi connectivity index (χ2v) is 27.2. The summed E-state index contributed by atoms with van der Waals surface area (Å²) in [6, 6.07) is 106. The third-order valence-corrected chi connectivity index (χ3v) is 22.2. The molecule has 20 rings (SSSR count). The van der Waals surface area contributed by atoms with E-state index < -0.39 is 5.41 Å². The van der Waals surface area contributed by atoms with E-state index in [1.54, 1.807) is 0 Å². The van der Waals surface area contributed by atoms with E-state index in [4.69, 9.17) is 15.0 Å². The van der Waals surface area contributed by atoms with Crippen LogP contribution in [-0.4, -0.2) is 15.0 Å². The first-order valence-corrected chi connectivity index (χ1v) is 32.9. The molecule has 0 radical (unpaired) electrons. The van der Waals surface area contributed by atoms with Gasteiger partial charge >= 0.3 is 0 Å². The van der Waals surface area contributed by atoms with Gasteiger partial charge in [-0.05, 0) is 196 Å². The van der Waals surface area contributed by atoms with Gasteiger partial charge in [0, 0.05) is 53.8 Å². The second-order valence-electron chi connectivity index (χ2n) is 26.1. The molecule has 430 valence electrons. The predicted molar refractivity (Wildman–Crippen MR) is 379 cm³/mol. The molecule has 0 aliphatic heterocycles. The van der Waals surface area contributed by atoms with Crippen LogP contribution in [-0.2, 0) is 17.3 Å². The number of rotatable bonds is 7. The second kappa shape index (κ2) is 19.2. The van der Waals surface area contributed by atoms with Crippen molar-refractivity contribution < 1.29 is 0 Å². The summed E-state index contributed by atoms with van der Waals surface area (Å²) in [5.74, 6) is 1.77. The number of thiophene rings is 1. The highest BCUT2D eigenvalue weighted by molar-refractivity contribution is 7.25. The minimum atomic E-state index is -0.511. The van der Waals surface area contributed by atoms with Gasteiger partial charge in [0.25, 0.3) is 0 Å². The minimum Gasteiger partial charge on any atom is -0.310 e. The SMILES string of the molecule is CC1(C)c2ccccc2-c2cc3c(cc21)C(c1nc(-c2ccccc2)nc(-c2ccc4c(c2)C2(c5ccccc5-c5ccccc52)c2ccccc2-4)n1)c1ccc(-c2ccc(N(c4ccc5c(c4)Cc4ccccc4-5)c4ccc5sc6ccccc6c5c4)cc2)cc1-3. The van der Waals surface area contributed by atoms with Crippen molar-refractivity contribution in [3.8, 4) is 89.5 Å². The Morgan fingerprint density at radius 1 is 0.326 bits per heavy atom.